The Morgan fingerprint density at radius 1 is 0.661 bits per heavy atom. The molecule has 56 heavy (non-hydrogen) atoms. The monoisotopic (exact) mass is 834 g/mol. The van der Waals surface area contributed by atoms with Crippen LogP contribution in [0.2, 0.25) is 0 Å². The number of phenols is 4. The van der Waals surface area contributed by atoms with E-state index < -0.39 is 120 Å². The minimum absolute atomic E-state index is 0. The van der Waals surface area contributed by atoms with Gasteiger partial charge in [-0.3, -0.25) is 9.59 Å². The van der Waals surface area contributed by atoms with Crippen LogP contribution in [0.1, 0.15) is 55.9 Å². The molecule has 2 aliphatic rings. The predicted octanol–water partition coefficient (Wildman–Crippen LogP) is -0.340. The molecule has 3 heterocycles. The summed E-state index contributed by atoms with van der Waals surface area (Å²) in [6.07, 6.45) is -17.7. The van der Waals surface area contributed by atoms with E-state index >= 15 is 0 Å². The first-order valence-corrected chi connectivity index (χ1v) is 17.2. The molecule has 6 rings (SSSR count). The third kappa shape index (κ3) is 7.32. The van der Waals surface area contributed by atoms with E-state index in [0.717, 1.165) is 12.1 Å². The number of hydrogen-bond acceptors (Lipinski definition) is 17. The maximum Gasteiger partial charge on any atom is 2.00 e. The molecule has 10 atom stereocenters. The first kappa shape index (κ1) is 43.1. The molecule has 12 N–H and O–H groups in total. The van der Waals surface area contributed by atoms with E-state index in [1.807, 2.05) is 0 Å². The van der Waals surface area contributed by atoms with Gasteiger partial charge < -0.3 is 75.2 Å². The number of hydrogen-bond donors (Lipinski definition) is 12. The van der Waals surface area contributed by atoms with E-state index in [2.05, 4.69) is 0 Å². The van der Waals surface area contributed by atoms with Gasteiger partial charge in [0.15, 0.2) is 11.2 Å². The molecule has 0 radical (unpaired) electrons. The third-order valence-electron chi connectivity index (χ3n) is 10.3. The molecule has 17 nitrogen and oxygen atoms in total. The quantitative estimate of drug-likeness (QED) is 0.0798. The number of carbonyl (C=O) groups is 1. The second-order valence-electron chi connectivity index (χ2n) is 14.1. The zero-order chi connectivity index (χ0) is 40.4. The molecule has 296 valence electrons. The molecular formula is C38H42O17Zn+2. The summed E-state index contributed by atoms with van der Waals surface area (Å²) in [5.41, 5.74) is -1.54. The van der Waals surface area contributed by atoms with Crippen LogP contribution in [0.15, 0.2) is 39.5 Å². The summed E-state index contributed by atoms with van der Waals surface area (Å²) >= 11 is 0. The van der Waals surface area contributed by atoms with Gasteiger partial charge in [-0.1, -0.05) is 6.07 Å². The van der Waals surface area contributed by atoms with Crippen molar-refractivity contribution in [2.45, 2.75) is 88.2 Å². The Bertz CT molecular complexity index is 2200. The van der Waals surface area contributed by atoms with Crippen LogP contribution < -0.4 is 5.43 Å². The van der Waals surface area contributed by atoms with Crippen molar-refractivity contribution in [3.63, 3.8) is 0 Å². The average molecular weight is 836 g/mol. The van der Waals surface area contributed by atoms with Crippen LogP contribution in [0.5, 0.6) is 23.0 Å². The van der Waals surface area contributed by atoms with E-state index in [0.29, 0.717) is 5.56 Å². The number of aliphatic hydroxyl groups excluding tert-OH is 8. The van der Waals surface area contributed by atoms with Gasteiger partial charge in [0.2, 0.25) is 0 Å². The largest absolute Gasteiger partial charge is 2.00 e. The van der Waals surface area contributed by atoms with Crippen LogP contribution in [0.4, 0.5) is 0 Å². The van der Waals surface area contributed by atoms with Gasteiger partial charge in [-0.15, -0.1) is 0 Å². The van der Waals surface area contributed by atoms with Crippen LogP contribution in [0, 0.1) is 20.8 Å². The first-order valence-electron chi connectivity index (χ1n) is 17.2. The SMILES string of the molecule is Cc1cc(O)c(-c2cc(=O)c3c(C)cc(O)c([C@@H]4O[C@H](CO)[C@H](O)[C@H](O)[C@H]4O)c3o2)c(CC(=O)c2c(C)cc(O)c([C@@H]3O[C@H](CO)[C@@H](O)[C@H](O)[C@H]3O)c2O)c1.[Zn+2]. The Balaban J connectivity index is 0.00000600. The molecule has 18 heteroatoms. The molecule has 4 aromatic rings. The summed E-state index contributed by atoms with van der Waals surface area (Å²) in [5, 5.41) is 127. The molecular weight excluding hydrogens is 794 g/mol. The van der Waals surface area contributed by atoms with Gasteiger partial charge in [0.05, 0.1) is 40.9 Å². The average Bonchev–Trinajstić information content (AvgIpc) is 3.10. The number of ketones is 1. The predicted molar refractivity (Wildman–Crippen MR) is 189 cm³/mol. The molecule has 0 unspecified atom stereocenters. The Hall–Kier alpha value is -4.04. The van der Waals surface area contributed by atoms with Gasteiger partial charge in [0, 0.05) is 12.5 Å². The molecule has 2 saturated heterocycles. The number of benzene rings is 3. The van der Waals surface area contributed by atoms with Crippen molar-refractivity contribution in [3.05, 3.63) is 79.5 Å². The fourth-order valence-electron chi connectivity index (χ4n) is 7.56. The zero-order valence-corrected chi connectivity index (χ0v) is 33.4. The number of fused-ring (bicyclic) bond motifs is 1. The number of aromatic hydroxyl groups is 4. The van der Waals surface area contributed by atoms with Crippen LogP contribution in [-0.4, -0.2) is 129 Å². The standard InChI is InChI=1S/C38H42O17.Zn/c1-12-4-15(8-19(44)24-13(2)6-17(42)27(31(24)48)37-34(51)32(49)29(46)22(10-39)54-37)26(16(41)5-12)21-9-20(45)25-14(3)7-18(43)28(36(25)53-21)38-35(52)33(50)30(47)23(11-40)55-38;/h4-7,9,22-23,29-30,32-35,37-43,46-52H,8,10-11H2,1-3H3;/q;+2/t22-,23-,29-,30+,32+,33+,34-,35-,37+,38+;/m1./s1. The zero-order valence-electron chi connectivity index (χ0n) is 30.4. The van der Waals surface area contributed by atoms with Crippen molar-refractivity contribution in [1.29, 1.82) is 0 Å². The van der Waals surface area contributed by atoms with Gasteiger partial charge in [0.25, 0.3) is 0 Å². The molecule has 3 aromatic carbocycles. The summed E-state index contributed by atoms with van der Waals surface area (Å²) in [5.74, 6) is -3.57. The van der Waals surface area contributed by atoms with Crippen molar-refractivity contribution in [1.82, 2.24) is 0 Å². The van der Waals surface area contributed by atoms with Crippen LogP contribution in [0.25, 0.3) is 22.3 Å². The molecule has 0 saturated carbocycles. The van der Waals surface area contributed by atoms with Crippen LogP contribution in [-0.2, 0) is 35.4 Å². The maximum atomic E-state index is 14.1. The van der Waals surface area contributed by atoms with Crippen LogP contribution in [0.3, 0.4) is 0 Å². The van der Waals surface area contributed by atoms with Crippen molar-refractivity contribution in [3.8, 4) is 34.3 Å². The fourth-order valence-corrected chi connectivity index (χ4v) is 7.56. The first-order chi connectivity index (χ1) is 25.9. The topological polar surface area (TPSA) is 308 Å². The number of phenolic OH excluding ortho intramolecular Hbond substituents is 4. The Labute approximate surface area is 330 Å². The summed E-state index contributed by atoms with van der Waals surface area (Å²) in [6.45, 7) is 2.92. The Morgan fingerprint density at radius 3 is 1.73 bits per heavy atom. The molecule has 1 aromatic heterocycles. The number of aryl methyl sites for hydroxylation is 3. The Morgan fingerprint density at radius 2 is 1.18 bits per heavy atom. The summed E-state index contributed by atoms with van der Waals surface area (Å²) in [4.78, 5) is 27.9. The molecule has 2 aliphatic heterocycles. The van der Waals surface area contributed by atoms with Gasteiger partial charge in [-0.25, -0.2) is 0 Å². The van der Waals surface area contributed by atoms with E-state index in [4.69, 9.17) is 13.9 Å². The molecule has 0 aliphatic carbocycles. The van der Waals surface area contributed by atoms with Crippen molar-refractivity contribution < 1.29 is 99.4 Å². The normalized spacial score (nSPS) is 27.9. The van der Waals surface area contributed by atoms with Crippen molar-refractivity contribution >= 4 is 16.8 Å². The smallest absolute Gasteiger partial charge is 0.507 e. The van der Waals surface area contributed by atoms with E-state index in [9.17, 15) is 70.9 Å². The van der Waals surface area contributed by atoms with Gasteiger partial charge >= 0.3 is 19.5 Å². The van der Waals surface area contributed by atoms with Crippen LogP contribution >= 0.6 is 0 Å². The third-order valence-corrected chi connectivity index (χ3v) is 10.3. The van der Waals surface area contributed by atoms with Gasteiger partial charge in [0.1, 0.15) is 95.4 Å². The van der Waals surface area contributed by atoms with Crippen molar-refractivity contribution in [2.75, 3.05) is 13.2 Å². The summed E-state index contributed by atoms with van der Waals surface area (Å²) in [7, 11) is 0. The molecule has 0 amide bonds. The number of rotatable bonds is 8. The summed E-state index contributed by atoms with van der Waals surface area (Å²) in [6, 6.07) is 6.15. The number of Topliss-reactive ketones (excluding diaryl/α,β-unsaturated/α-hetero) is 1. The summed E-state index contributed by atoms with van der Waals surface area (Å²) < 4.78 is 17.4. The molecule has 0 bridgehead atoms. The van der Waals surface area contributed by atoms with E-state index in [1.165, 1.54) is 32.0 Å². The second kappa shape index (κ2) is 16.4. The van der Waals surface area contributed by atoms with Crippen molar-refractivity contribution in [2.24, 2.45) is 0 Å². The maximum absolute atomic E-state index is 14.1. The van der Waals surface area contributed by atoms with Gasteiger partial charge in [-0.2, -0.15) is 0 Å². The minimum atomic E-state index is -1.91. The molecule has 0 spiro atoms. The Kier molecular flexibility index (Phi) is 12.7. The van der Waals surface area contributed by atoms with Gasteiger partial charge in [-0.05, 0) is 61.2 Å². The number of ether oxygens (including phenoxy) is 2. The van der Waals surface area contributed by atoms with E-state index in [1.54, 1.807) is 6.92 Å². The van der Waals surface area contributed by atoms with E-state index in [-0.39, 0.29) is 69.6 Å². The molecule has 2 fully saturated rings. The number of aliphatic hydroxyl groups is 8. The fraction of sp³-hybridized carbons (Fsp3) is 0.421. The minimum Gasteiger partial charge on any atom is -0.507 e. The second-order valence-corrected chi connectivity index (χ2v) is 14.1. The number of carbonyl (C=O) groups excluding carboxylic acids is 1.